The molecule has 0 aromatic heterocycles. The molecule has 24 heavy (non-hydrogen) atoms. The molecular weight excluding hydrogens is 335 g/mol. The van der Waals surface area contributed by atoms with Crippen LogP contribution in [0.3, 0.4) is 0 Å². The van der Waals surface area contributed by atoms with Gasteiger partial charge in [0.2, 0.25) is 4.62 Å². The molecule has 1 unspecified atom stereocenters. The smallest absolute Gasteiger partial charge is 0.217 e. The molecule has 3 heteroatoms. The molecular formula is C21H19ClOP+. The second kappa shape index (κ2) is 6.89. The fraction of sp³-hybridized carbons (Fsp3) is 0.0952. The van der Waals surface area contributed by atoms with Crippen molar-refractivity contribution < 1.29 is 4.79 Å². The molecule has 0 aliphatic rings. The van der Waals surface area contributed by atoms with Gasteiger partial charge < -0.3 is 0 Å². The van der Waals surface area contributed by atoms with Gasteiger partial charge in [-0.3, -0.25) is 4.79 Å². The van der Waals surface area contributed by atoms with E-state index in [0.717, 1.165) is 22.2 Å². The molecule has 1 nitrogen and oxygen atoms in total. The number of hydrogen-bond acceptors (Lipinski definition) is 1. The first-order valence-corrected chi connectivity index (χ1v) is 10.0. The fourth-order valence-electron chi connectivity index (χ4n) is 3.24. The van der Waals surface area contributed by atoms with Crippen LogP contribution in [-0.2, 0) is 4.79 Å². The molecule has 0 N–H and O–H groups in total. The first-order valence-electron chi connectivity index (χ1n) is 7.84. The number of alkyl halides is 1. The first-order chi connectivity index (χ1) is 11.6. The highest BCUT2D eigenvalue weighted by Gasteiger charge is 2.59. The molecule has 3 aromatic rings. The van der Waals surface area contributed by atoms with Crippen molar-refractivity contribution in [2.45, 2.75) is 11.5 Å². The van der Waals surface area contributed by atoms with Gasteiger partial charge >= 0.3 is 0 Å². The first kappa shape index (κ1) is 16.9. The summed E-state index contributed by atoms with van der Waals surface area (Å²) in [5.41, 5.74) is 0. The van der Waals surface area contributed by atoms with Crippen LogP contribution in [0.4, 0.5) is 0 Å². The van der Waals surface area contributed by atoms with Crippen molar-refractivity contribution >= 4 is 41.1 Å². The van der Waals surface area contributed by atoms with Crippen molar-refractivity contribution in [3.63, 3.8) is 0 Å². The highest BCUT2D eigenvalue weighted by molar-refractivity contribution is 7.98. The van der Waals surface area contributed by atoms with Gasteiger partial charge in [-0.2, -0.15) is 0 Å². The lowest BCUT2D eigenvalue weighted by Crippen LogP contribution is -2.43. The third-order valence-corrected chi connectivity index (χ3v) is 9.79. The zero-order chi connectivity index (χ0) is 17.0. The molecule has 0 aliphatic heterocycles. The van der Waals surface area contributed by atoms with Crippen molar-refractivity contribution in [2.75, 3.05) is 0 Å². The molecule has 0 heterocycles. The van der Waals surface area contributed by atoms with Gasteiger partial charge in [-0.05, 0) is 43.3 Å². The predicted octanol–water partition coefficient (Wildman–Crippen LogP) is 4.13. The molecule has 0 spiro atoms. The van der Waals surface area contributed by atoms with Crippen LogP contribution < -0.4 is 15.9 Å². The van der Waals surface area contributed by atoms with Crippen molar-refractivity contribution in [1.82, 2.24) is 0 Å². The molecule has 0 fully saturated rings. The average molecular weight is 354 g/mol. The number of carbonyl (C=O) groups is 1. The maximum Gasteiger partial charge on any atom is 0.217 e. The molecule has 120 valence electrons. The van der Waals surface area contributed by atoms with E-state index in [1.165, 1.54) is 0 Å². The summed E-state index contributed by atoms with van der Waals surface area (Å²) in [6.45, 7) is 1.84. The van der Waals surface area contributed by atoms with Crippen LogP contribution in [0, 0.1) is 0 Å². The number of rotatable bonds is 5. The Bertz CT molecular complexity index is 704. The Kier molecular flexibility index (Phi) is 4.85. The van der Waals surface area contributed by atoms with Gasteiger partial charge in [0.1, 0.15) is 23.2 Å². The van der Waals surface area contributed by atoms with Crippen LogP contribution >= 0.6 is 18.9 Å². The summed E-state index contributed by atoms with van der Waals surface area (Å²) in [7, 11) is -2.36. The van der Waals surface area contributed by atoms with Gasteiger partial charge in [-0.25, -0.2) is 0 Å². The summed E-state index contributed by atoms with van der Waals surface area (Å²) in [5.74, 6) is 0. The Morgan fingerprint density at radius 3 is 1.25 bits per heavy atom. The zero-order valence-corrected chi connectivity index (χ0v) is 15.1. The van der Waals surface area contributed by atoms with Crippen LogP contribution in [0.15, 0.2) is 91.0 Å². The third kappa shape index (κ3) is 2.69. The monoisotopic (exact) mass is 353 g/mol. The van der Waals surface area contributed by atoms with E-state index in [9.17, 15) is 4.79 Å². The SMILES string of the molecule is CC(Cl)(C=O)[P+](c1ccccc1)(c1ccccc1)c1ccccc1. The summed E-state index contributed by atoms with van der Waals surface area (Å²) < 4.78 is -1.03. The Balaban J connectivity index is 2.45. The van der Waals surface area contributed by atoms with E-state index >= 15 is 0 Å². The number of benzene rings is 3. The van der Waals surface area contributed by atoms with Crippen molar-refractivity contribution in [3.05, 3.63) is 91.0 Å². The van der Waals surface area contributed by atoms with Crippen LogP contribution in [0.1, 0.15) is 6.92 Å². The summed E-state index contributed by atoms with van der Waals surface area (Å²) in [6, 6.07) is 30.5. The van der Waals surface area contributed by atoms with Gasteiger partial charge in [-0.1, -0.05) is 66.2 Å². The second-order valence-corrected chi connectivity index (χ2v) is 10.7. The van der Waals surface area contributed by atoms with Crippen molar-refractivity contribution in [3.8, 4) is 0 Å². The highest BCUT2D eigenvalue weighted by atomic mass is 35.5. The largest absolute Gasteiger partial charge is 0.297 e. The summed E-state index contributed by atoms with van der Waals surface area (Å²) in [6.07, 6.45) is 0.898. The standard InChI is InChI=1S/C21H19ClOP/c1-21(22,17-23)24(18-11-5-2-6-12-18,19-13-7-3-8-14-19)20-15-9-4-10-16-20/h2-17H,1H3/q+1. The maximum absolute atomic E-state index is 12.1. The van der Waals surface area contributed by atoms with E-state index in [1.54, 1.807) is 0 Å². The molecule has 1 atom stereocenters. The van der Waals surface area contributed by atoms with Crippen molar-refractivity contribution in [1.29, 1.82) is 0 Å². The van der Waals surface area contributed by atoms with Crippen LogP contribution in [0.2, 0.25) is 0 Å². The predicted molar refractivity (Wildman–Crippen MR) is 105 cm³/mol. The van der Waals surface area contributed by atoms with E-state index in [0.29, 0.717) is 0 Å². The van der Waals surface area contributed by atoms with Crippen LogP contribution in [-0.4, -0.2) is 10.9 Å². The van der Waals surface area contributed by atoms with Crippen LogP contribution in [0.25, 0.3) is 0 Å². The van der Waals surface area contributed by atoms with E-state index in [-0.39, 0.29) is 0 Å². The van der Waals surface area contributed by atoms with Gasteiger partial charge in [0.05, 0.1) is 0 Å². The fourth-order valence-corrected chi connectivity index (χ4v) is 8.54. The van der Waals surface area contributed by atoms with Gasteiger partial charge in [0, 0.05) is 0 Å². The normalized spacial score (nSPS) is 13.9. The van der Waals surface area contributed by atoms with Crippen LogP contribution in [0.5, 0.6) is 0 Å². The summed E-state index contributed by atoms with van der Waals surface area (Å²) in [4.78, 5) is 12.1. The number of carbonyl (C=O) groups excluding carboxylic acids is 1. The minimum atomic E-state index is -2.36. The Labute approximate surface area is 148 Å². The van der Waals surface area contributed by atoms with E-state index in [2.05, 4.69) is 36.4 Å². The summed E-state index contributed by atoms with van der Waals surface area (Å²) in [5, 5.41) is 3.31. The van der Waals surface area contributed by atoms with Gasteiger partial charge in [0.15, 0.2) is 6.29 Å². The lowest BCUT2D eigenvalue weighted by atomic mass is 10.3. The molecule has 0 bridgehead atoms. The molecule has 0 saturated heterocycles. The molecule has 3 aromatic carbocycles. The maximum atomic E-state index is 12.1. The van der Waals surface area contributed by atoms with Gasteiger partial charge in [0.25, 0.3) is 0 Å². The Morgan fingerprint density at radius 2 is 1.00 bits per heavy atom. The lowest BCUT2D eigenvalue weighted by Gasteiger charge is -2.35. The average Bonchev–Trinajstić information content (AvgIpc) is 2.65. The zero-order valence-electron chi connectivity index (χ0n) is 13.5. The molecule has 3 rings (SSSR count). The number of halogens is 1. The van der Waals surface area contributed by atoms with E-state index in [1.807, 2.05) is 61.5 Å². The molecule has 0 aliphatic carbocycles. The third-order valence-electron chi connectivity index (χ3n) is 4.30. The highest BCUT2D eigenvalue weighted by Crippen LogP contribution is 2.66. The quantitative estimate of drug-likeness (QED) is 0.383. The number of hydrogen-bond donors (Lipinski definition) is 0. The molecule has 0 radical (unpaired) electrons. The van der Waals surface area contributed by atoms with Crippen molar-refractivity contribution in [2.24, 2.45) is 0 Å². The van der Waals surface area contributed by atoms with E-state index in [4.69, 9.17) is 11.6 Å². The topological polar surface area (TPSA) is 17.1 Å². The summed E-state index contributed by atoms with van der Waals surface area (Å²) >= 11 is 6.93. The van der Waals surface area contributed by atoms with Gasteiger partial charge in [-0.15, -0.1) is 0 Å². The Morgan fingerprint density at radius 1 is 0.708 bits per heavy atom. The molecule has 0 amide bonds. The second-order valence-electron chi connectivity index (χ2n) is 5.82. The van der Waals surface area contributed by atoms with E-state index < -0.39 is 11.9 Å². The molecule has 0 saturated carbocycles. The minimum Gasteiger partial charge on any atom is -0.297 e. The lowest BCUT2D eigenvalue weighted by molar-refractivity contribution is -0.108. The number of aldehydes is 1. The minimum absolute atomic E-state index is 0.898. The Hall–Kier alpha value is -1.95.